The van der Waals surface area contributed by atoms with Gasteiger partial charge in [-0.2, -0.15) is 0 Å². The van der Waals surface area contributed by atoms with E-state index in [4.69, 9.17) is 9.26 Å². The lowest BCUT2D eigenvalue weighted by Gasteiger charge is -2.35. The van der Waals surface area contributed by atoms with Crippen LogP contribution in [0, 0.1) is 6.92 Å². The third-order valence-electron chi connectivity index (χ3n) is 4.13. The molecule has 1 aromatic heterocycles. The summed E-state index contributed by atoms with van der Waals surface area (Å²) in [4.78, 5) is 24.7. The second kappa shape index (κ2) is 6.28. The Kier molecular flexibility index (Phi) is 4.65. The van der Waals surface area contributed by atoms with Crippen LogP contribution < -0.4 is 5.32 Å². The molecule has 1 aromatic rings. The molecule has 1 heterocycles. The van der Waals surface area contributed by atoms with Gasteiger partial charge in [0.15, 0.2) is 0 Å². The van der Waals surface area contributed by atoms with Crippen molar-refractivity contribution in [1.82, 2.24) is 10.5 Å². The topological polar surface area (TPSA) is 81.4 Å². The number of hydrogen-bond donors (Lipinski definition) is 1. The fourth-order valence-corrected chi connectivity index (χ4v) is 2.96. The van der Waals surface area contributed by atoms with Crippen molar-refractivity contribution in [3.63, 3.8) is 0 Å². The second-order valence-electron chi connectivity index (χ2n) is 5.50. The number of esters is 1. The number of nitrogens with one attached hydrogen (secondary N) is 1. The molecule has 21 heavy (non-hydrogen) atoms. The number of ether oxygens (including phenoxy) is 1. The zero-order chi connectivity index (χ0) is 15.5. The van der Waals surface area contributed by atoms with Crippen molar-refractivity contribution in [2.45, 2.75) is 57.9 Å². The summed E-state index contributed by atoms with van der Waals surface area (Å²) in [6.45, 7) is 3.61. The molecule has 0 radical (unpaired) electrons. The van der Waals surface area contributed by atoms with Crippen LogP contribution in [-0.2, 0) is 16.0 Å². The van der Waals surface area contributed by atoms with Crippen LogP contribution in [0.3, 0.4) is 0 Å². The lowest BCUT2D eigenvalue weighted by atomic mass is 9.81. The van der Waals surface area contributed by atoms with E-state index in [1.807, 2.05) is 6.92 Å². The number of methoxy groups -OCH3 is 1. The fraction of sp³-hybridized carbons (Fsp3) is 0.667. The van der Waals surface area contributed by atoms with Crippen LogP contribution in [0.2, 0.25) is 0 Å². The van der Waals surface area contributed by atoms with Gasteiger partial charge in [-0.05, 0) is 26.2 Å². The molecule has 0 bridgehead atoms. The first-order valence-corrected chi connectivity index (χ1v) is 7.40. The van der Waals surface area contributed by atoms with E-state index < -0.39 is 5.54 Å². The highest BCUT2D eigenvalue weighted by Gasteiger charge is 2.42. The lowest BCUT2D eigenvalue weighted by molar-refractivity contribution is -0.149. The predicted octanol–water partition coefficient (Wildman–Crippen LogP) is 2.15. The summed E-state index contributed by atoms with van der Waals surface area (Å²) in [6, 6.07) is 0. The molecule has 6 nitrogen and oxygen atoms in total. The standard InChI is InChI=1S/C15H22N2O4/c1-4-11-12(10(2)21-17-11)13(18)16-15(14(19)20-3)8-6-5-7-9-15/h4-9H2,1-3H3,(H,16,18). The highest BCUT2D eigenvalue weighted by Crippen LogP contribution is 2.30. The van der Waals surface area contributed by atoms with Gasteiger partial charge in [0.2, 0.25) is 0 Å². The van der Waals surface area contributed by atoms with Gasteiger partial charge < -0.3 is 14.6 Å². The van der Waals surface area contributed by atoms with Crippen molar-refractivity contribution < 1.29 is 18.8 Å². The maximum absolute atomic E-state index is 12.6. The number of carbonyl (C=O) groups is 2. The van der Waals surface area contributed by atoms with Crippen LogP contribution >= 0.6 is 0 Å². The molecular weight excluding hydrogens is 272 g/mol. The van der Waals surface area contributed by atoms with Gasteiger partial charge in [0.05, 0.1) is 12.8 Å². The molecule has 0 unspecified atom stereocenters. The van der Waals surface area contributed by atoms with Crippen molar-refractivity contribution in [1.29, 1.82) is 0 Å². The molecule has 1 aliphatic carbocycles. The largest absolute Gasteiger partial charge is 0.467 e. The molecule has 0 atom stereocenters. The summed E-state index contributed by atoms with van der Waals surface area (Å²) in [5.74, 6) is -0.208. The maximum Gasteiger partial charge on any atom is 0.331 e. The van der Waals surface area contributed by atoms with E-state index in [1.165, 1.54) is 7.11 Å². The van der Waals surface area contributed by atoms with E-state index in [-0.39, 0.29) is 11.9 Å². The number of aromatic nitrogens is 1. The van der Waals surface area contributed by atoms with Gasteiger partial charge in [0.25, 0.3) is 5.91 Å². The third-order valence-corrected chi connectivity index (χ3v) is 4.13. The predicted molar refractivity (Wildman–Crippen MR) is 75.9 cm³/mol. The number of carbonyl (C=O) groups excluding carboxylic acids is 2. The molecular formula is C15H22N2O4. The van der Waals surface area contributed by atoms with Crippen LogP contribution in [-0.4, -0.2) is 29.7 Å². The SMILES string of the molecule is CCc1noc(C)c1C(=O)NC1(C(=O)OC)CCCCC1. The first-order chi connectivity index (χ1) is 10.0. The molecule has 0 saturated heterocycles. The Labute approximate surface area is 124 Å². The van der Waals surface area contributed by atoms with E-state index in [0.717, 1.165) is 19.3 Å². The van der Waals surface area contributed by atoms with E-state index in [2.05, 4.69) is 10.5 Å². The number of rotatable bonds is 4. The average molecular weight is 294 g/mol. The Morgan fingerprint density at radius 1 is 1.33 bits per heavy atom. The van der Waals surface area contributed by atoms with Crippen molar-refractivity contribution in [3.05, 3.63) is 17.0 Å². The Hall–Kier alpha value is -1.85. The number of hydrogen-bond acceptors (Lipinski definition) is 5. The molecule has 1 amide bonds. The molecule has 0 aromatic carbocycles. The van der Waals surface area contributed by atoms with Crippen molar-refractivity contribution in [3.8, 4) is 0 Å². The summed E-state index contributed by atoms with van der Waals surface area (Å²) in [7, 11) is 1.35. The minimum Gasteiger partial charge on any atom is -0.467 e. The van der Waals surface area contributed by atoms with E-state index in [9.17, 15) is 9.59 Å². The smallest absolute Gasteiger partial charge is 0.331 e. The first kappa shape index (κ1) is 15.5. The lowest BCUT2D eigenvalue weighted by Crippen LogP contribution is -2.56. The summed E-state index contributed by atoms with van der Waals surface area (Å²) in [5, 5.41) is 6.77. The molecule has 116 valence electrons. The van der Waals surface area contributed by atoms with Gasteiger partial charge in [0.1, 0.15) is 16.9 Å². The monoisotopic (exact) mass is 294 g/mol. The molecule has 2 rings (SSSR count). The zero-order valence-corrected chi connectivity index (χ0v) is 12.8. The molecule has 1 fully saturated rings. The van der Waals surface area contributed by atoms with Gasteiger partial charge in [-0.25, -0.2) is 4.79 Å². The molecule has 0 spiro atoms. The molecule has 1 aliphatic rings. The third kappa shape index (κ3) is 2.94. The summed E-state index contributed by atoms with van der Waals surface area (Å²) in [6.07, 6.45) is 4.69. The Bertz CT molecular complexity index is 530. The minimum absolute atomic E-state index is 0.307. The maximum atomic E-state index is 12.6. The van der Waals surface area contributed by atoms with Gasteiger partial charge in [-0.15, -0.1) is 0 Å². The van der Waals surface area contributed by atoms with Crippen molar-refractivity contribution in [2.75, 3.05) is 7.11 Å². The van der Waals surface area contributed by atoms with E-state index >= 15 is 0 Å². The summed E-state index contributed by atoms with van der Waals surface area (Å²) >= 11 is 0. The van der Waals surface area contributed by atoms with Crippen LogP contribution in [0.4, 0.5) is 0 Å². The first-order valence-electron chi connectivity index (χ1n) is 7.40. The number of nitrogens with zero attached hydrogens (tertiary/aromatic N) is 1. The van der Waals surface area contributed by atoms with Crippen molar-refractivity contribution in [2.24, 2.45) is 0 Å². The van der Waals surface area contributed by atoms with E-state index in [1.54, 1.807) is 6.92 Å². The fourth-order valence-electron chi connectivity index (χ4n) is 2.96. The van der Waals surface area contributed by atoms with Crippen molar-refractivity contribution >= 4 is 11.9 Å². The van der Waals surface area contributed by atoms with Crippen LogP contribution in [0.25, 0.3) is 0 Å². The Morgan fingerprint density at radius 3 is 2.57 bits per heavy atom. The minimum atomic E-state index is -0.918. The second-order valence-corrected chi connectivity index (χ2v) is 5.50. The average Bonchev–Trinajstić information content (AvgIpc) is 2.88. The molecule has 1 saturated carbocycles. The summed E-state index contributed by atoms with van der Waals surface area (Å²) < 4.78 is 9.99. The Morgan fingerprint density at radius 2 is 2.00 bits per heavy atom. The number of amides is 1. The Balaban J connectivity index is 2.26. The van der Waals surface area contributed by atoms with Crippen LogP contribution in [0.15, 0.2) is 4.52 Å². The normalized spacial score (nSPS) is 17.3. The van der Waals surface area contributed by atoms with Crippen LogP contribution in [0.5, 0.6) is 0 Å². The summed E-state index contributed by atoms with van der Waals surface area (Å²) in [5.41, 5.74) is 0.130. The van der Waals surface area contributed by atoms with Gasteiger partial charge in [-0.1, -0.05) is 31.3 Å². The highest BCUT2D eigenvalue weighted by molar-refractivity contribution is 5.99. The molecule has 1 N–H and O–H groups in total. The number of aryl methyl sites for hydroxylation is 2. The molecule has 6 heteroatoms. The van der Waals surface area contributed by atoms with Crippen LogP contribution in [0.1, 0.15) is 60.8 Å². The quantitative estimate of drug-likeness (QED) is 0.860. The molecule has 0 aliphatic heterocycles. The zero-order valence-electron chi connectivity index (χ0n) is 12.8. The van der Waals surface area contributed by atoms with E-state index in [0.29, 0.717) is 36.3 Å². The van der Waals surface area contributed by atoms with Gasteiger partial charge >= 0.3 is 5.97 Å². The highest BCUT2D eigenvalue weighted by atomic mass is 16.5. The van der Waals surface area contributed by atoms with Gasteiger partial charge in [0, 0.05) is 0 Å². The van der Waals surface area contributed by atoms with Gasteiger partial charge in [-0.3, -0.25) is 4.79 Å².